The van der Waals surface area contributed by atoms with Crippen LogP contribution in [0.3, 0.4) is 0 Å². The van der Waals surface area contributed by atoms with E-state index in [1.807, 2.05) is 18.2 Å². The Balaban J connectivity index is 1.71. The van der Waals surface area contributed by atoms with Crippen LogP contribution in [0.4, 0.5) is 0 Å². The molecule has 1 aromatic rings. The first-order valence-corrected chi connectivity index (χ1v) is 9.57. The number of rotatable bonds is 2. The average Bonchev–Trinajstić information content (AvgIpc) is 2.68. The quantitative estimate of drug-likeness (QED) is 0.864. The second-order valence-corrected chi connectivity index (χ2v) is 7.64. The van der Waals surface area contributed by atoms with E-state index < -0.39 is 0 Å². The van der Waals surface area contributed by atoms with Crippen molar-refractivity contribution in [3.8, 4) is 6.07 Å². The van der Waals surface area contributed by atoms with E-state index in [-0.39, 0.29) is 23.5 Å². The minimum atomic E-state index is -0.173. The minimum absolute atomic E-state index is 0.117. The smallest absolute Gasteiger partial charge is 0.204 e. The van der Waals surface area contributed by atoms with Gasteiger partial charge in [0, 0.05) is 24.3 Å². The molecule has 0 radical (unpaired) electrons. The van der Waals surface area contributed by atoms with Gasteiger partial charge in [-0.15, -0.1) is 0 Å². The number of benzene rings is 1. The summed E-state index contributed by atoms with van der Waals surface area (Å²) in [6, 6.07) is 12.3. The van der Waals surface area contributed by atoms with E-state index in [2.05, 4.69) is 18.2 Å². The highest BCUT2D eigenvalue weighted by atomic mass is 16.5. The Labute approximate surface area is 154 Å². The number of ether oxygens (including phenoxy) is 1. The molecule has 4 nitrogen and oxygen atoms in total. The number of nitrogens with zero attached hydrogens (tertiary/aromatic N) is 1. The van der Waals surface area contributed by atoms with Crippen LogP contribution in [0.25, 0.3) is 0 Å². The highest BCUT2D eigenvalue weighted by molar-refractivity contribution is 5.99. The third-order valence-corrected chi connectivity index (χ3v) is 6.10. The standard InChI is InChI=1S/C22H24N2O2/c23-13-17-20(15-9-5-2-6-10-15)21-18(25)11-16(12-19(21)26-22(17)24)14-7-3-1-4-8-14/h1,3-4,7-8,15-16,20H,2,5-6,9-12,24H2/t16-,20+/m1/s1. The van der Waals surface area contributed by atoms with Crippen molar-refractivity contribution in [1.29, 1.82) is 5.26 Å². The van der Waals surface area contributed by atoms with Gasteiger partial charge in [0.25, 0.3) is 0 Å². The van der Waals surface area contributed by atoms with Crippen molar-refractivity contribution in [2.75, 3.05) is 0 Å². The highest BCUT2D eigenvalue weighted by Gasteiger charge is 2.43. The topological polar surface area (TPSA) is 76.1 Å². The van der Waals surface area contributed by atoms with Gasteiger partial charge in [-0.2, -0.15) is 5.26 Å². The van der Waals surface area contributed by atoms with Crippen LogP contribution in [0.5, 0.6) is 0 Å². The summed E-state index contributed by atoms with van der Waals surface area (Å²) < 4.78 is 5.83. The maximum atomic E-state index is 13.1. The molecule has 2 N–H and O–H groups in total. The van der Waals surface area contributed by atoms with Crippen molar-refractivity contribution in [3.63, 3.8) is 0 Å². The largest absolute Gasteiger partial charge is 0.444 e. The Morgan fingerprint density at radius 2 is 1.81 bits per heavy atom. The maximum Gasteiger partial charge on any atom is 0.204 e. The molecule has 2 aliphatic carbocycles. The summed E-state index contributed by atoms with van der Waals surface area (Å²) in [5.74, 6) is 1.28. The molecule has 0 aromatic heterocycles. The average molecular weight is 348 g/mol. The normalized spacial score (nSPS) is 27.0. The summed E-state index contributed by atoms with van der Waals surface area (Å²) >= 11 is 0. The molecule has 134 valence electrons. The van der Waals surface area contributed by atoms with Gasteiger partial charge in [0.1, 0.15) is 11.8 Å². The number of ketones is 1. The van der Waals surface area contributed by atoms with E-state index in [9.17, 15) is 10.1 Å². The Hall–Kier alpha value is -2.54. The number of carbonyl (C=O) groups is 1. The number of Topliss-reactive ketones (excluding diaryl/α,β-unsaturated/α-hetero) is 1. The monoisotopic (exact) mass is 348 g/mol. The van der Waals surface area contributed by atoms with Gasteiger partial charge in [-0.25, -0.2) is 0 Å². The molecule has 0 bridgehead atoms. The molecule has 4 rings (SSSR count). The number of hydrogen-bond donors (Lipinski definition) is 1. The van der Waals surface area contributed by atoms with E-state index in [1.54, 1.807) is 0 Å². The van der Waals surface area contributed by atoms with Crippen molar-refractivity contribution in [2.24, 2.45) is 17.6 Å². The van der Waals surface area contributed by atoms with Gasteiger partial charge in [0.05, 0.1) is 5.57 Å². The maximum absolute atomic E-state index is 13.1. The Morgan fingerprint density at radius 3 is 2.50 bits per heavy atom. The molecule has 1 aromatic carbocycles. The summed E-state index contributed by atoms with van der Waals surface area (Å²) in [4.78, 5) is 13.1. The van der Waals surface area contributed by atoms with Crippen LogP contribution in [0.15, 0.2) is 53.1 Å². The summed E-state index contributed by atoms with van der Waals surface area (Å²) in [5, 5.41) is 9.67. The fourth-order valence-corrected chi connectivity index (χ4v) is 4.85. The molecule has 1 aliphatic heterocycles. The zero-order valence-electron chi connectivity index (χ0n) is 14.9. The summed E-state index contributed by atoms with van der Waals surface area (Å²) in [7, 11) is 0. The fourth-order valence-electron chi connectivity index (χ4n) is 4.85. The first kappa shape index (κ1) is 16.9. The molecule has 2 atom stereocenters. The van der Waals surface area contributed by atoms with Crippen LogP contribution in [0.2, 0.25) is 0 Å². The second kappa shape index (κ2) is 6.99. The Kier molecular flexibility index (Phi) is 4.55. The van der Waals surface area contributed by atoms with Crippen LogP contribution in [0, 0.1) is 23.2 Å². The van der Waals surface area contributed by atoms with Gasteiger partial charge >= 0.3 is 0 Å². The third-order valence-electron chi connectivity index (χ3n) is 6.10. The molecule has 26 heavy (non-hydrogen) atoms. The number of nitriles is 1. The first-order chi connectivity index (χ1) is 12.7. The van der Waals surface area contributed by atoms with Gasteiger partial charge in [-0.05, 0) is 30.2 Å². The van der Waals surface area contributed by atoms with E-state index in [4.69, 9.17) is 10.5 Å². The number of hydrogen-bond acceptors (Lipinski definition) is 4. The summed E-state index contributed by atoms with van der Waals surface area (Å²) in [6.07, 6.45) is 6.80. The van der Waals surface area contributed by atoms with Gasteiger partial charge in [0.15, 0.2) is 5.78 Å². The van der Waals surface area contributed by atoms with Crippen LogP contribution in [-0.2, 0) is 9.53 Å². The Bertz CT molecular complexity index is 810. The van der Waals surface area contributed by atoms with Crippen LogP contribution >= 0.6 is 0 Å². The highest BCUT2D eigenvalue weighted by Crippen LogP contribution is 2.47. The van der Waals surface area contributed by atoms with E-state index in [0.717, 1.165) is 36.8 Å². The number of carbonyl (C=O) groups excluding carboxylic acids is 1. The van der Waals surface area contributed by atoms with Gasteiger partial charge in [0.2, 0.25) is 5.88 Å². The van der Waals surface area contributed by atoms with Crippen LogP contribution < -0.4 is 5.73 Å². The van der Waals surface area contributed by atoms with Crippen molar-refractivity contribution in [2.45, 2.75) is 50.9 Å². The van der Waals surface area contributed by atoms with Gasteiger partial charge in [-0.1, -0.05) is 49.6 Å². The van der Waals surface area contributed by atoms with Crippen LogP contribution in [-0.4, -0.2) is 5.78 Å². The lowest BCUT2D eigenvalue weighted by Gasteiger charge is -2.38. The van der Waals surface area contributed by atoms with E-state index >= 15 is 0 Å². The third kappa shape index (κ3) is 2.92. The SMILES string of the molecule is N#CC1=C(N)OC2=C(C(=O)C[C@@H](c3ccccc3)C2)[C@H]1C1CCCCC1. The molecule has 3 aliphatic rings. The molecular formula is C22H24N2O2. The van der Waals surface area contributed by atoms with E-state index in [1.165, 1.54) is 6.42 Å². The molecule has 0 saturated heterocycles. The number of nitrogens with two attached hydrogens (primary N) is 1. The minimum Gasteiger partial charge on any atom is -0.444 e. The molecule has 1 saturated carbocycles. The predicted octanol–water partition coefficient (Wildman–Crippen LogP) is 4.31. The molecule has 1 fully saturated rings. The number of allylic oxidation sites excluding steroid dienone is 3. The molecular weight excluding hydrogens is 324 g/mol. The molecule has 1 heterocycles. The first-order valence-electron chi connectivity index (χ1n) is 9.57. The van der Waals surface area contributed by atoms with E-state index in [0.29, 0.717) is 30.1 Å². The molecule has 0 unspecified atom stereocenters. The molecule has 4 heteroatoms. The van der Waals surface area contributed by atoms with Crippen LogP contribution in [0.1, 0.15) is 56.4 Å². The lowest BCUT2D eigenvalue weighted by molar-refractivity contribution is -0.117. The van der Waals surface area contributed by atoms with Gasteiger partial charge in [-0.3, -0.25) is 4.79 Å². The zero-order valence-corrected chi connectivity index (χ0v) is 14.9. The molecule has 0 amide bonds. The lowest BCUT2D eigenvalue weighted by Crippen LogP contribution is -2.35. The Morgan fingerprint density at radius 1 is 1.08 bits per heavy atom. The molecule has 0 spiro atoms. The van der Waals surface area contributed by atoms with Crippen molar-refractivity contribution in [1.82, 2.24) is 0 Å². The van der Waals surface area contributed by atoms with Crippen molar-refractivity contribution >= 4 is 5.78 Å². The zero-order chi connectivity index (χ0) is 18.1. The second-order valence-electron chi connectivity index (χ2n) is 7.64. The predicted molar refractivity (Wildman–Crippen MR) is 98.4 cm³/mol. The van der Waals surface area contributed by atoms with Gasteiger partial charge < -0.3 is 10.5 Å². The van der Waals surface area contributed by atoms with Crippen molar-refractivity contribution < 1.29 is 9.53 Å². The lowest BCUT2D eigenvalue weighted by atomic mass is 9.68. The summed E-state index contributed by atoms with van der Waals surface area (Å²) in [5.41, 5.74) is 8.46. The fraction of sp³-hybridized carbons (Fsp3) is 0.455. The van der Waals surface area contributed by atoms with Crippen molar-refractivity contribution in [3.05, 3.63) is 58.7 Å². The summed E-state index contributed by atoms with van der Waals surface area (Å²) in [6.45, 7) is 0.